The Labute approximate surface area is 129 Å². The van der Waals surface area contributed by atoms with E-state index in [1.54, 1.807) is 0 Å². The van der Waals surface area contributed by atoms with E-state index in [-0.39, 0.29) is 0 Å². The lowest BCUT2D eigenvalue weighted by atomic mass is 10.0. The molecule has 0 aliphatic carbocycles. The van der Waals surface area contributed by atoms with Crippen molar-refractivity contribution in [1.29, 1.82) is 0 Å². The van der Waals surface area contributed by atoms with Gasteiger partial charge >= 0.3 is 0 Å². The van der Waals surface area contributed by atoms with E-state index >= 15 is 0 Å². The summed E-state index contributed by atoms with van der Waals surface area (Å²) in [7, 11) is 2.24. The third kappa shape index (κ3) is 6.38. The normalized spacial score (nSPS) is 14.7. The van der Waals surface area contributed by atoms with Crippen LogP contribution in [0.4, 0.5) is 0 Å². The molecule has 0 aliphatic rings. The van der Waals surface area contributed by atoms with Crippen LogP contribution in [0.1, 0.15) is 57.2 Å². The third-order valence-corrected chi connectivity index (χ3v) is 5.16. The zero-order chi connectivity index (χ0) is 14.8. The van der Waals surface area contributed by atoms with Crippen LogP contribution in [0.5, 0.6) is 0 Å². The highest BCUT2D eigenvalue weighted by Crippen LogP contribution is 2.17. The van der Waals surface area contributed by atoms with Crippen LogP contribution >= 0.6 is 11.3 Å². The van der Waals surface area contributed by atoms with Crippen molar-refractivity contribution < 1.29 is 0 Å². The Morgan fingerprint density at radius 2 is 2.00 bits per heavy atom. The molecule has 0 radical (unpaired) electrons. The number of likely N-dealkylation sites (N-methyl/N-ethyl adjacent to an activating group) is 1. The number of nitrogens with zero attached hydrogens (tertiary/aromatic N) is 1. The van der Waals surface area contributed by atoms with Gasteiger partial charge in [-0.1, -0.05) is 45.1 Å². The highest BCUT2D eigenvalue weighted by atomic mass is 32.1. The van der Waals surface area contributed by atoms with E-state index in [0.717, 1.165) is 13.0 Å². The molecule has 0 aromatic carbocycles. The van der Waals surface area contributed by atoms with E-state index in [9.17, 15) is 0 Å². The van der Waals surface area contributed by atoms with Crippen molar-refractivity contribution >= 4 is 11.3 Å². The van der Waals surface area contributed by atoms with Gasteiger partial charge in [0.15, 0.2) is 0 Å². The van der Waals surface area contributed by atoms with Gasteiger partial charge in [0.2, 0.25) is 0 Å². The summed E-state index contributed by atoms with van der Waals surface area (Å²) in [6, 6.07) is 5.47. The molecule has 2 N–H and O–H groups in total. The Hall–Kier alpha value is -0.380. The first-order chi connectivity index (χ1) is 9.69. The zero-order valence-corrected chi connectivity index (χ0v) is 14.3. The Morgan fingerprint density at radius 1 is 1.25 bits per heavy atom. The first-order valence-electron chi connectivity index (χ1n) is 8.13. The molecule has 0 aliphatic heterocycles. The highest BCUT2D eigenvalue weighted by molar-refractivity contribution is 7.09. The van der Waals surface area contributed by atoms with Gasteiger partial charge in [-0.3, -0.25) is 4.90 Å². The van der Waals surface area contributed by atoms with Gasteiger partial charge < -0.3 is 5.73 Å². The van der Waals surface area contributed by atoms with Crippen LogP contribution in [-0.4, -0.2) is 30.6 Å². The minimum Gasteiger partial charge on any atom is -0.329 e. The fourth-order valence-corrected chi connectivity index (χ4v) is 3.52. The quantitative estimate of drug-likeness (QED) is 0.617. The van der Waals surface area contributed by atoms with Crippen LogP contribution in [0.2, 0.25) is 0 Å². The van der Waals surface area contributed by atoms with Gasteiger partial charge in [-0.25, -0.2) is 0 Å². The molecule has 1 aromatic rings. The lowest BCUT2D eigenvalue weighted by Gasteiger charge is -2.32. The molecule has 1 rings (SSSR count). The SMILES string of the molecule is CCCCCCCC(CN)N(C)C(C)Cc1cccs1. The summed E-state index contributed by atoms with van der Waals surface area (Å²) in [6.45, 7) is 5.36. The maximum atomic E-state index is 5.99. The van der Waals surface area contributed by atoms with Crippen molar-refractivity contribution in [3.8, 4) is 0 Å². The first kappa shape index (κ1) is 17.7. The smallest absolute Gasteiger partial charge is 0.0218 e. The number of unbranched alkanes of at least 4 members (excludes halogenated alkanes) is 4. The van der Waals surface area contributed by atoms with E-state index in [0.29, 0.717) is 12.1 Å². The van der Waals surface area contributed by atoms with Gasteiger partial charge in [0, 0.05) is 23.5 Å². The molecule has 0 spiro atoms. The maximum absolute atomic E-state index is 5.99. The molecular formula is C17H32N2S. The van der Waals surface area contributed by atoms with Gasteiger partial charge in [0.25, 0.3) is 0 Å². The van der Waals surface area contributed by atoms with E-state index in [4.69, 9.17) is 5.73 Å². The number of hydrogen-bond acceptors (Lipinski definition) is 3. The molecule has 0 amide bonds. The molecule has 2 unspecified atom stereocenters. The monoisotopic (exact) mass is 296 g/mol. The summed E-state index contributed by atoms with van der Waals surface area (Å²) < 4.78 is 0. The molecule has 116 valence electrons. The molecule has 3 heteroatoms. The summed E-state index contributed by atoms with van der Waals surface area (Å²) >= 11 is 1.86. The average Bonchev–Trinajstić information content (AvgIpc) is 2.95. The summed E-state index contributed by atoms with van der Waals surface area (Å²) in [6.07, 6.45) is 9.12. The van der Waals surface area contributed by atoms with E-state index < -0.39 is 0 Å². The summed E-state index contributed by atoms with van der Waals surface area (Å²) in [5, 5.41) is 2.16. The van der Waals surface area contributed by atoms with Crippen molar-refractivity contribution in [2.45, 2.75) is 70.9 Å². The molecule has 1 aromatic heterocycles. The molecule has 0 bridgehead atoms. The van der Waals surface area contributed by atoms with Crippen LogP contribution < -0.4 is 5.73 Å². The number of hydrogen-bond donors (Lipinski definition) is 1. The fraction of sp³-hybridized carbons (Fsp3) is 0.765. The number of rotatable bonds is 11. The molecule has 1 heterocycles. The number of nitrogens with two attached hydrogens (primary N) is 1. The average molecular weight is 297 g/mol. The molecule has 2 nitrogen and oxygen atoms in total. The lowest BCUT2D eigenvalue weighted by Crippen LogP contribution is -2.43. The highest BCUT2D eigenvalue weighted by Gasteiger charge is 2.18. The Kier molecular flexibility index (Phi) is 9.16. The van der Waals surface area contributed by atoms with E-state index in [1.807, 2.05) is 11.3 Å². The Morgan fingerprint density at radius 3 is 2.60 bits per heavy atom. The molecule has 0 saturated carbocycles. The second-order valence-corrected chi connectivity index (χ2v) is 6.92. The van der Waals surface area contributed by atoms with E-state index in [1.165, 1.54) is 43.4 Å². The van der Waals surface area contributed by atoms with Crippen molar-refractivity contribution in [3.05, 3.63) is 22.4 Å². The third-order valence-electron chi connectivity index (χ3n) is 4.26. The lowest BCUT2D eigenvalue weighted by molar-refractivity contribution is 0.175. The van der Waals surface area contributed by atoms with Crippen molar-refractivity contribution in [2.24, 2.45) is 5.73 Å². The number of thiophene rings is 1. The largest absolute Gasteiger partial charge is 0.329 e. The van der Waals surface area contributed by atoms with Crippen molar-refractivity contribution in [3.63, 3.8) is 0 Å². The molecule has 2 atom stereocenters. The second kappa shape index (κ2) is 10.4. The van der Waals surface area contributed by atoms with Crippen LogP contribution in [0.25, 0.3) is 0 Å². The van der Waals surface area contributed by atoms with Gasteiger partial charge in [0.1, 0.15) is 0 Å². The van der Waals surface area contributed by atoms with Crippen LogP contribution in [0.15, 0.2) is 17.5 Å². The van der Waals surface area contributed by atoms with Gasteiger partial charge in [-0.15, -0.1) is 11.3 Å². The fourth-order valence-electron chi connectivity index (χ4n) is 2.70. The molecule has 20 heavy (non-hydrogen) atoms. The zero-order valence-electron chi connectivity index (χ0n) is 13.5. The Bertz CT molecular complexity index is 324. The van der Waals surface area contributed by atoms with Gasteiger partial charge in [-0.2, -0.15) is 0 Å². The van der Waals surface area contributed by atoms with Gasteiger partial charge in [0.05, 0.1) is 0 Å². The summed E-state index contributed by atoms with van der Waals surface area (Å²) in [5.41, 5.74) is 5.99. The topological polar surface area (TPSA) is 29.3 Å². The molecular weight excluding hydrogens is 264 g/mol. The maximum Gasteiger partial charge on any atom is 0.0218 e. The Balaban J connectivity index is 2.31. The molecule has 0 fully saturated rings. The summed E-state index contributed by atoms with van der Waals surface area (Å²) in [4.78, 5) is 3.96. The molecule has 0 saturated heterocycles. The summed E-state index contributed by atoms with van der Waals surface area (Å²) in [5.74, 6) is 0. The van der Waals surface area contributed by atoms with Gasteiger partial charge in [-0.05, 0) is 38.3 Å². The van der Waals surface area contributed by atoms with Crippen molar-refractivity contribution in [2.75, 3.05) is 13.6 Å². The van der Waals surface area contributed by atoms with E-state index in [2.05, 4.69) is 43.3 Å². The predicted octanol–water partition coefficient (Wildman–Crippen LogP) is 4.30. The van der Waals surface area contributed by atoms with Crippen LogP contribution in [0.3, 0.4) is 0 Å². The van der Waals surface area contributed by atoms with Crippen LogP contribution in [0, 0.1) is 0 Å². The van der Waals surface area contributed by atoms with Crippen molar-refractivity contribution in [1.82, 2.24) is 4.90 Å². The second-order valence-electron chi connectivity index (χ2n) is 5.89. The predicted molar refractivity (Wildman–Crippen MR) is 91.5 cm³/mol. The first-order valence-corrected chi connectivity index (χ1v) is 9.01. The standard InChI is InChI=1S/C17H32N2S/c1-4-5-6-7-8-10-16(14-18)19(3)15(2)13-17-11-9-12-20-17/h9,11-12,15-16H,4-8,10,13-14,18H2,1-3H3. The van der Waals surface area contributed by atoms with Crippen LogP contribution in [-0.2, 0) is 6.42 Å². The minimum absolute atomic E-state index is 0.534. The minimum atomic E-state index is 0.534.